The van der Waals surface area contributed by atoms with Crippen LogP contribution >= 0.6 is 0 Å². The lowest BCUT2D eigenvalue weighted by Crippen LogP contribution is -2.19. The maximum atomic E-state index is 3.47. The summed E-state index contributed by atoms with van der Waals surface area (Å²) in [4.78, 5) is 0. The molecule has 0 aliphatic rings. The predicted octanol–water partition coefficient (Wildman–Crippen LogP) is 3.71. The minimum Gasteiger partial charge on any atom is -0.320 e. The van der Waals surface area contributed by atoms with Gasteiger partial charge in [-0.3, -0.25) is 0 Å². The molecule has 1 rings (SSSR count). The van der Waals surface area contributed by atoms with Crippen molar-refractivity contribution in [2.75, 3.05) is 26.7 Å². The summed E-state index contributed by atoms with van der Waals surface area (Å²) in [7, 11) is 2.00. The van der Waals surface area contributed by atoms with E-state index in [4.69, 9.17) is 0 Å². The Morgan fingerprint density at radius 3 is 2.32 bits per heavy atom. The predicted molar refractivity (Wildman–Crippen MR) is 87.5 cm³/mol. The van der Waals surface area contributed by atoms with Gasteiger partial charge in [0.25, 0.3) is 0 Å². The smallest absolute Gasteiger partial charge is 0.0165 e. The van der Waals surface area contributed by atoms with Crippen LogP contribution in [0.25, 0.3) is 6.08 Å². The summed E-state index contributed by atoms with van der Waals surface area (Å²) in [6.45, 7) is 9.37. The third-order valence-corrected chi connectivity index (χ3v) is 2.65. The fourth-order valence-corrected chi connectivity index (χ4v) is 1.72. The second-order valence-electron chi connectivity index (χ2n) is 4.39. The molecule has 0 bridgehead atoms. The molecule has 0 saturated heterocycles. The summed E-state index contributed by atoms with van der Waals surface area (Å²) in [5, 5.41) is 6.63. The van der Waals surface area contributed by atoms with Gasteiger partial charge in [0.15, 0.2) is 0 Å². The Bertz CT molecular complexity index is 317. The van der Waals surface area contributed by atoms with E-state index in [0.29, 0.717) is 0 Å². The first-order valence-electron chi connectivity index (χ1n) is 7.40. The van der Waals surface area contributed by atoms with Crippen LogP contribution in [-0.4, -0.2) is 26.7 Å². The van der Waals surface area contributed by atoms with Crippen LogP contribution in [0.15, 0.2) is 35.9 Å². The quantitative estimate of drug-likeness (QED) is 0.698. The SMILES string of the molecule is CC.CNCCCCNC/C(C)=C/c1ccccc1. The first-order valence-corrected chi connectivity index (χ1v) is 7.40. The van der Waals surface area contributed by atoms with Gasteiger partial charge >= 0.3 is 0 Å². The van der Waals surface area contributed by atoms with Crippen LogP contribution < -0.4 is 10.6 Å². The van der Waals surface area contributed by atoms with Crippen molar-refractivity contribution in [2.24, 2.45) is 0 Å². The van der Waals surface area contributed by atoms with Crippen LogP contribution in [0.4, 0.5) is 0 Å². The number of benzene rings is 1. The summed E-state index contributed by atoms with van der Waals surface area (Å²) >= 11 is 0. The van der Waals surface area contributed by atoms with Gasteiger partial charge in [-0.25, -0.2) is 0 Å². The Morgan fingerprint density at radius 1 is 1.05 bits per heavy atom. The van der Waals surface area contributed by atoms with Gasteiger partial charge in [-0.1, -0.05) is 55.8 Å². The highest BCUT2D eigenvalue weighted by Gasteiger charge is 1.92. The highest BCUT2D eigenvalue weighted by Crippen LogP contribution is 2.05. The first kappa shape index (κ1) is 17.9. The summed E-state index contributed by atoms with van der Waals surface area (Å²) < 4.78 is 0. The highest BCUT2D eigenvalue weighted by atomic mass is 14.8. The highest BCUT2D eigenvalue weighted by molar-refractivity contribution is 5.52. The molecule has 0 fully saturated rings. The molecular formula is C17H30N2. The van der Waals surface area contributed by atoms with E-state index in [2.05, 4.69) is 47.9 Å². The molecule has 1 aromatic carbocycles. The van der Waals surface area contributed by atoms with Crippen LogP contribution in [0.3, 0.4) is 0 Å². The van der Waals surface area contributed by atoms with Crippen molar-refractivity contribution in [3.8, 4) is 0 Å². The molecule has 19 heavy (non-hydrogen) atoms. The fraction of sp³-hybridized carbons (Fsp3) is 0.529. The van der Waals surface area contributed by atoms with Gasteiger partial charge in [0, 0.05) is 6.54 Å². The van der Waals surface area contributed by atoms with Crippen molar-refractivity contribution in [3.63, 3.8) is 0 Å². The second-order valence-corrected chi connectivity index (χ2v) is 4.39. The van der Waals surface area contributed by atoms with Crippen molar-refractivity contribution in [1.29, 1.82) is 0 Å². The number of nitrogens with one attached hydrogen (secondary N) is 2. The molecule has 2 N–H and O–H groups in total. The monoisotopic (exact) mass is 262 g/mol. The van der Waals surface area contributed by atoms with Gasteiger partial charge in [0.2, 0.25) is 0 Å². The normalized spacial score (nSPS) is 10.8. The number of hydrogen-bond acceptors (Lipinski definition) is 2. The van der Waals surface area contributed by atoms with Crippen molar-refractivity contribution in [2.45, 2.75) is 33.6 Å². The molecule has 0 unspecified atom stereocenters. The van der Waals surface area contributed by atoms with Crippen LogP contribution in [0.5, 0.6) is 0 Å². The van der Waals surface area contributed by atoms with Crippen LogP contribution in [0, 0.1) is 0 Å². The van der Waals surface area contributed by atoms with Crippen molar-refractivity contribution in [1.82, 2.24) is 10.6 Å². The molecule has 0 aliphatic heterocycles. The zero-order valence-electron chi connectivity index (χ0n) is 13.0. The lowest BCUT2D eigenvalue weighted by atomic mass is 10.1. The molecule has 0 aromatic heterocycles. The largest absolute Gasteiger partial charge is 0.320 e. The van der Waals surface area contributed by atoms with Crippen molar-refractivity contribution in [3.05, 3.63) is 41.5 Å². The van der Waals surface area contributed by atoms with E-state index in [1.165, 1.54) is 24.0 Å². The van der Waals surface area contributed by atoms with Gasteiger partial charge in [-0.15, -0.1) is 0 Å². The lowest BCUT2D eigenvalue weighted by Gasteiger charge is -2.05. The number of hydrogen-bond donors (Lipinski definition) is 2. The van der Waals surface area contributed by atoms with E-state index in [-0.39, 0.29) is 0 Å². The van der Waals surface area contributed by atoms with E-state index < -0.39 is 0 Å². The summed E-state index contributed by atoms with van der Waals surface area (Å²) in [6, 6.07) is 10.5. The summed E-state index contributed by atoms with van der Waals surface area (Å²) in [5.74, 6) is 0. The Hall–Kier alpha value is -1.12. The van der Waals surface area contributed by atoms with Crippen LogP contribution in [0.1, 0.15) is 39.2 Å². The molecule has 0 aliphatic carbocycles. The molecule has 0 heterocycles. The Balaban J connectivity index is 0.00000154. The first-order chi connectivity index (χ1) is 9.33. The molecule has 2 heteroatoms. The third kappa shape index (κ3) is 10.5. The zero-order chi connectivity index (χ0) is 14.3. The Labute approximate surface area is 119 Å². The second kappa shape index (κ2) is 13.3. The van der Waals surface area contributed by atoms with Gasteiger partial charge in [-0.05, 0) is 45.5 Å². The van der Waals surface area contributed by atoms with Crippen molar-refractivity contribution < 1.29 is 0 Å². The molecule has 0 amide bonds. The molecule has 0 saturated carbocycles. The number of unbranched alkanes of at least 4 members (excludes halogenated alkanes) is 1. The minimum absolute atomic E-state index is 0.981. The van der Waals surface area contributed by atoms with Crippen LogP contribution in [-0.2, 0) is 0 Å². The van der Waals surface area contributed by atoms with Gasteiger partial charge in [-0.2, -0.15) is 0 Å². The maximum absolute atomic E-state index is 3.47. The molecule has 2 nitrogen and oxygen atoms in total. The standard InChI is InChI=1S/C15H24N2.C2H6/c1-14(12-15-8-4-3-5-9-15)13-17-11-7-6-10-16-2;1-2/h3-5,8-9,12,16-17H,6-7,10-11,13H2,1-2H3;1-2H3/b14-12+;. The Kier molecular flexibility index (Phi) is 12.5. The topological polar surface area (TPSA) is 24.1 Å². The van der Waals surface area contributed by atoms with E-state index >= 15 is 0 Å². The zero-order valence-corrected chi connectivity index (χ0v) is 13.0. The van der Waals surface area contributed by atoms with E-state index in [1.807, 2.05) is 27.0 Å². The van der Waals surface area contributed by atoms with Crippen molar-refractivity contribution >= 4 is 6.08 Å². The summed E-state index contributed by atoms with van der Waals surface area (Å²) in [6.07, 6.45) is 4.71. The Morgan fingerprint density at radius 2 is 1.68 bits per heavy atom. The third-order valence-electron chi connectivity index (χ3n) is 2.65. The van der Waals surface area contributed by atoms with E-state index in [0.717, 1.165) is 19.6 Å². The fourth-order valence-electron chi connectivity index (χ4n) is 1.72. The van der Waals surface area contributed by atoms with E-state index in [9.17, 15) is 0 Å². The molecule has 0 radical (unpaired) electrons. The molecule has 0 atom stereocenters. The molecular weight excluding hydrogens is 232 g/mol. The average molecular weight is 262 g/mol. The molecule has 108 valence electrons. The summed E-state index contributed by atoms with van der Waals surface area (Å²) in [5.41, 5.74) is 2.66. The maximum Gasteiger partial charge on any atom is 0.0165 e. The van der Waals surface area contributed by atoms with Gasteiger partial charge in [0.1, 0.15) is 0 Å². The van der Waals surface area contributed by atoms with Gasteiger partial charge in [0.05, 0.1) is 0 Å². The van der Waals surface area contributed by atoms with Gasteiger partial charge < -0.3 is 10.6 Å². The minimum atomic E-state index is 0.981. The number of rotatable bonds is 8. The van der Waals surface area contributed by atoms with Crippen LogP contribution in [0.2, 0.25) is 0 Å². The molecule has 0 spiro atoms. The van der Waals surface area contributed by atoms with E-state index in [1.54, 1.807) is 0 Å². The average Bonchev–Trinajstić information content (AvgIpc) is 2.46. The molecule has 1 aromatic rings. The lowest BCUT2D eigenvalue weighted by molar-refractivity contribution is 0.624.